The molecule has 128 valence electrons. The van der Waals surface area contributed by atoms with Crippen LogP contribution in [0.25, 0.3) is 18.3 Å². The third-order valence-corrected chi connectivity index (χ3v) is 4.35. The zero-order valence-electron chi connectivity index (χ0n) is 14.7. The predicted molar refractivity (Wildman–Crippen MR) is 105 cm³/mol. The quantitative estimate of drug-likeness (QED) is 0.778. The number of H-pyrrole nitrogens is 1. The van der Waals surface area contributed by atoms with Gasteiger partial charge in [-0.15, -0.1) is 0 Å². The highest BCUT2D eigenvalue weighted by molar-refractivity contribution is 5.56. The molecular formula is C21H23N3O. The maximum Gasteiger partial charge on any atom is 0.279 e. The molecule has 25 heavy (non-hydrogen) atoms. The van der Waals surface area contributed by atoms with E-state index in [0.29, 0.717) is 10.6 Å². The summed E-state index contributed by atoms with van der Waals surface area (Å²) in [6.45, 7) is 10.2. The summed E-state index contributed by atoms with van der Waals surface area (Å²) in [6.07, 6.45) is 1.88. The van der Waals surface area contributed by atoms with Gasteiger partial charge in [0, 0.05) is 18.8 Å². The van der Waals surface area contributed by atoms with Gasteiger partial charge in [0.15, 0.2) is 0 Å². The second kappa shape index (κ2) is 7.26. The summed E-state index contributed by atoms with van der Waals surface area (Å²) in [5.41, 5.74) is 2.88. The summed E-state index contributed by atoms with van der Waals surface area (Å²) in [7, 11) is 0. The van der Waals surface area contributed by atoms with E-state index >= 15 is 0 Å². The molecule has 0 spiro atoms. The second-order valence-electron chi connectivity index (χ2n) is 5.89. The van der Waals surface area contributed by atoms with Crippen molar-refractivity contribution >= 4 is 18.3 Å². The van der Waals surface area contributed by atoms with Crippen LogP contribution in [0, 0.1) is 0 Å². The van der Waals surface area contributed by atoms with Crippen molar-refractivity contribution in [3.63, 3.8) is 0 Å². The molecule has 0 saturated carbocycles. The minimum atomic E-state index is -0.0935. The van der Waals surface area contributed by atoms with Gasteiger partial charge in [-0.25, -0.2) is 4.68 Å². The zero-order chi connectivity index (χ0) is 17.8. The number of hydrogen-bond acceptors (Lipinski definition) is 2. The Morgan fingerprint density at radius 1 is 1.04 bits per heavy atom. The van der Waals surface area contributed by atoms with Crippen LogP contribution >= 0.6 is 0 Å². The van der Waals surface area contributed by atoms with Crippen LogP contribution in [0.2, 0.25) is 0 Å². The molecule has 0 unspecified atom stereocenters. The molecule has 0 saturated heterocycles. The first-order valence-electron chi connectivity index (χ1n) is 8.56. The third kappa shape index (κ3) is 3.43. The summed E-state index contributed by atoms with van der Waals surface area (Å²) in [6, 6.07) is 17.8. The average Bonchev–Trinajstić information content (AvgIpc) is 2.93. The van der Waals surface area contributed by atoms with Crippen LogP contribution in [0.4, 0.5) is 5.69 Å². The maximum absolute atomic E-state index is 12.7. The topological polar surface area (TPSA) is 41.0 Å². The summed E-state index contributed by atoms with van der Waals surface area (Å²) in [5, 5.41) is 4.25. The van der Waals surface area contributed by atoms with Crippen molar-refractivity contribution in [1.29, 1.82) is 0 Å². The van der Waals surface area contributed by atoms with Crippen molar-refractivity contribution < 1.29 is 0 Å². The van der Waals surface area contributed by atoms with Crippen molar-refractivity contribution in [2.75, 3.05) is 18.0 Å². The zero-order valence-corrected chi connectivity index (χ0v) is 14.7. The molecule has 0 fully saturated rings. The Morgan fingerprint density at radius 3 is 2.28 bits per heavy atom. The normalized spacial score (nSPS) is 11.7. The molecule has 4 nitrogen and oxygen atoms in total. The maximum atomic E-state index is 12.7. The van der Waals surface area contributed by atoms with Gasteiger partial charge in [-0.2, -0.15) is 0 Å². The lowest BCUT2D eigenvalue weighted by molar-refractivity contribution is 0.838. The Balaban J connectivity index is 2.01. The standard InChI is InChI=1S/C21H23N3O/c1-4-23(5-2)18-13-11-17(12-14-18)15-20-16(3)22-24(21(20)25)19-9-7-6-8-10-19/h6-15,22H,3-5H2,1-2H3/b20-15+. The van der Waals surface area contributed by atoms with Crippen LogP contribution in [0.5, 0.6) is 0 Å². The van der Waals surface area contributed by atoms with Crippen LogP contribution < -0.4 is 21.0 Å². The molecule has 3 aromatic rings. The molecule has 0 atom stereocenters. The molecule has 1 N–H and O–H groups in total. The number of aromatic amines is 1. The lowest BCUT2D eigenvalue weighted by atomic mass is 10.1. The highest BCUT2D eigenvalue weighted by Crippen LogP contribution is 2.15. The van der Waals surface area contributed by atoms with Gasteiger partial charge in [0.05, 0.1) is 16.3 Å². The number of aromatic nitrogens is 2. The van der Waals surface area contributed by atoms with E-state index in [1.165, 1.54) is 10.4 Å². The first-order chi connectivity index (χ1) is 12.1. The van der Waals surface area contributed by atoms with Crippen LogP contribution in [0.15, 0.2) is 59.4 Å². The van der Waals surface area contributed by atoms with Crippen LogP contribution in [0.1, 0.15) is 19.4 Å². The molecule has 0 aliphatic heterocycles. The van der Waals surface area contributed by atoms with Crippen molar-refractivity contribution in [1.82, 2.24) is 9.78 Å². The Hall–Kier alpha value is -3.01. The minimum absolute atomic E-state index is 0.0935. The Labute approximate surface area is 147 Å². The van der Waals surface area contributed by atoms with Crippen molar-refractivity contribution in [2.24, 2.45) is 0 Å². The highest BCUT2D eigenvalue weighted by Gasteiger charge is 2.05. The van der Waals surface area contributed by atoms with Gasteiger partial charge in [-0.05, 0) is 49.8 Å². The van der Waals surface area contributed by atoms with Gasteiger partial charge in [0.25, 0.3) is 5.56 Å². The molecule has 0 bridgehead atoms. The number of para-hydroxylation sites is 1. The molecular weight excluding hydrogens is 310 g/mol. The molecule has 0 aliphatic rings. The number of rotatable bonds is 5. The van der Waals surface area contributed by atoms with Gasteiger partial charge >= 0.3 is 0 Å². The average molecular weight is 333 g/mol. The molecule has 4 heteroatoms. The number of anilines is 1. The van der Waals surface area contributed by atoms with E-state index in [9.17, 15) is 4.79 Å². The van der Waals surface area contributed by atoms with E-state index in [1.807, 2.05) is 48.5 Å². The second-order valence-corrected chi connectivity index (χ2v) is 5.89. The summed E-state index contributed by atoms with van der Waals surface area (Å²) < 4.78 is 1.53. The molecule has 0 amide bonds. The van der Waals surface area contributed by atoms with E-state index in [1.54, 1.807) is 0 Å². The summed E-state index contributed by atoms with van der Waals surface area (Å²) in [4.78, 5) is 15.0. The van der Waals surface area contributed by atoms with Crippen LogP contribution in [-0.2, 0) is 0 Å². The minimum Gasteiger partial charge on any atom is -0.372 e. The molecule has 3 rings (SSSR count). The summed E-state index contributed by atoms with van der Waals surface area (Å²) >= 11 is 0. The fraction of sp³-hybridized carbons (Fsp3) is 0.190. The molecule has 2 aromatic carbocycles. The van der Waals surface area contributed by atoms with Crippen LogP contribution in [-0.4, -0.2) is 22.9 Å². The van der Waals surface area contributed by atoms with E-state index in [-0.39, 0.29) is 5.56 Å². The number of benzene rings is 2. The third-order valence-electron chi connectivity index (χ3n) is 4.35. The fourth-order valence-electron chi connectivity index (χ4n) is 2.94. The monoisotopic (exact) mass is 333 g/mol. The number of hydrogen-bond donors (Lipinski definition) is 1. The Kier molecular flexibility index (Phi) is 4.89. The smallest absolute Gasteiger partial charge is 0.279 e. The Morgan fingerprint density at radius 2 is 1.68 bits per heavy atom. The number of nitrogens with zero attached hydrogens (tertiary/aromatic N) is 2. The molecule has 0 radical (unpaired) electrons. The predicted octanol–water partition coefficient (Wildman–Crippen LogP) is 2.25. The fourth-order valence-corrected chi connectivity index (χ4v) is 2.94. The lowest BCUT2D eigenvalue weighted by Crippen LogP contribution is -2.33. The summed E-state index contributed by atoms with van der Waals surface area (Å²) in [5.74, 6) is 0. The first kappa shape index (κ1) is 16.8. The molecule has 0 aliphatic carbocycles. The van der Waals surface area contributed by atoms with E-state index in [0.717, 1.165) is 24.3 Å². The van der Waals surface area contributed by atoms with Gasteiger partial charge in [-0.3, -0.25) is 9.89 Å². The SMILES string of the molecule is C=c1[nH]n(-c2ccccc2)c(=O)/c1=C/c1ccc(N(CC)CC)cc1. The first-order valence-corrected chi connectivity index (χ1v) is 8.56. The van der Waals surface area contributed by atoms with E-state index < -0.39 is 0 Å². The van der Waals surface area contributed by atoms with Gasteiger partial charge in [0.2, 0.25) is 0 Å². The van der Waals surface area contributed by atoms with Crippen molar-refractivity contribution in [2.45, 2.75) is 13.8 Å². The lowest BCUT2D eigenvalue weighted by Gasteiger charge is -2.20. The van der Waals surface area contributed by atoms with Gasteiger partial charge in [0.1, 0.15) is 0 Å². The molecule has 1 aromatic heterocycles. The number of nitrogens with one attached hydrogen (secondary N) is 1. The van der Waals surface area contributed by atoms with E-state index in [4.69, 9.17) is 0 Å². The van der Waals surface area contributed by atoms with E-state index in [2.05, 4.69) is 42.6 Å². The van der Waals surface area contributed by atoms with Crippen molar-refractivity contribution in [3.05, 3.63) is 81.1 Å². The van der Waals surface area contributed by atoms with Crippen molar-refractivity contribution in [3.8, 4) is 5.69 Å². The largest absolute Gasteiger partial charge is 0.372 e. The van der Waals surface area contributed by atoms with Gasteiger partial charge < -0.3 is 4.90 Å². The van der Waals surface area contributed by atoms with Crippen LogP contribution in [0.3, 0.4) is 0 Å². The molecule has 1 heterocycles. The van der Waals surface area contributed by atoms with Gasteiger partial charge in [-0.1, -0.05) is 36.9 Å². The Bertz CT molecular complexity index is 994. The highest BCUT2D eigenvalue weighted by atomic mass is 16.1.